The molecule has 0 radical (unpaired) electrons. The van der Waals surface area contributed by atoms with Crippen molar-refractivity contribution in [3.05, 3.63) is 22.2 Å². The highest BCUT2D eigenvalue weighted by atomic mass is 79.9. The summed E-state index contributed by atoms with van der Waals surface area (Å²) in [6, 6.07) is 2.87. The maximum Gasteiger partial charge on any atom is 0.158 e. The normalized spacial score (nSPS) is 11.7. The number of benzene rings is 1. The van der Waals surface area contributed by atoms with Gasteiger partial charge in [-0.3, -0.25) is 0 Å². The van der Waals surface area contributed by atoms with E-state index in [-0.39, 0.29) is 18.1 Å². The van der Waals surface area contributed by atoms with E-state index in [9.17, 15) is 10.2 Å². The minimum absolute atomic E-state index is 0.0319. The van der Waals surface area contributed by atoms with E-state index in [1.165, 1.54) is 12.1 Å². The molecule has 0 atom stereocenters. The van der Waals surface area contributed by atoms with Gasteiger partial charge in [0.25, 0.3) is 0 Å². The summed E-state index contributed by atoms with van der Waals surface area (Å²) in [5, 5.41) is 27.7. The molecule has 14 heavy (non-hydrogen) atoms. The van der Waals surface area contributed by atoms with Gasteiger partial charge in [0.15, 0.2) is 11.5 Å². The van der Waals surface area contributed by atoms with Gasteiger partial charge in [-0.05, 0) is 17.7 Å². The molecule has 78 valence electrons. The molecule has 0 saturated heterocycles. The third-order valence-electron chi connectivity index (χ3n) is 2.19. The van der Waals surface area contributed by atoms with Gasteiger partial charge in [0.05, 0.1) is 6.61 Å². The monoisotopic (exact) mass is 260 g/mol. The van der Waals surface area contributed by atoms with E-state index < -0.39 is 5.41 Å². The first kappa shape index (κ1) is 11.3. The molecule has 4 heteroatoms. The van der Waals surface area contributed by atoms with Crippen LogP contribution >= 0.6 is 15.9 Å². The Labute approximate surface area is 91.1 Å². The molecular weight excluding hydrogens is 248 g/mol. The van der Waals surface area contributed by atoms with Crippen molar-refractivity contribution in [3.63, 3.8) is 0 Å². The third kappa shape index (κ3) is 2.01. The van der Waals surface area contributed by atoms with Crippen LogP contribution in [0.3, 0.4) is 0 Å². The number of aliphatic hydroxyl groups is 1. The van der Waals surface area contributed by atoms with Gasteiger partial charge in [0.2, 0.25) is 0 Å². The summed E-state index contributed by atoms with van der Waals surface area (Å²) in [6.45, 7) is 3.67. The van der Waals surface area contributed by atoms with Crippen LogP contribution in [-0.2, 0) is 5.41 Å². The minimum atomic E-state index is -0.454. The van der Waals surface area contributed by atoms with Crippen molar-refractivity contribution in [2.24, 2.45) is 0 Å². The number of hydrogen-bond acceptors (Lipinski definition) is 3. The molecule has 0 heterocycles. The Morgan fingerprint density at radius 3 is 2.21 bits per heavy atom. The van der Waals surface area contributed by atoms with Gasteiger partial charge < -0.3 is 15.3 Å². The number of rotatable bonds is 2. The minimum Gasteiger partial charge on any atom is -0.504 e. The van der Waals surface area contributed by atoms with Crippen molar-refractivity contribution in [1.82, 2.24) is 0 Å². The summed E-state index contributed by atoms with van der Waals surface area (Å²) in [5.41, 5.74) is 0.305. The van der Waals surface area contributed by atoms with Crippen LogP contribution in [0.15, 0.2) is 16.6 Å². The molecule has 0 saturated carbocycles. The van der Waals surface area contributed by atoms with Crippen LogP contribution in [0.2, 0.25) is 0 Å². The second-order valence-corrected chi connectivity index (χ2v) is 4.72. The number of aromatic hydroxyl groups is 2. The molecule has 0 aliphatic heterocycles. The van der Waals surface area contributed by atoms with Crippen molar-refractivity contribution < 1.29 is 15.3 Å². The maximum absolute atomic E-state index is 9.33. The molecule has 0 aromatic heterocycles. The molecular formula is C10H13BrO3. The van der Waals surface area contributed by atoms with Crippen molar-refractivity contribution >= 4 is 15.9 Å². The lowest BCUT2D eigenvalue weighted by molar-refractivity contribution is 0.217. The number of hydrogen-bond donors (Lipinski definition) is 3. The number of phenolic OH excluding ortho intramolecular Hbond substituents is 2. The lowest BCUT2D eigenvalue weighted by Crippen LogP contribution is -2.22. The Morgan fingerprint density at radius 2 is 1.71 bits per heavy atom. The Balaban J connectivity index is 3.29. The highest BCUT2D eigenvalue weighted by molar-refractivity contribution is 9.10. The molecule has 0 fully saturated rings. The lowest BCUT2D eigenvalue weighted by atomic mass is 9.85. The zero-order chi connectivity index (χ0) is 10.9. The average Bonchev–Trinajstić information content (AvgIpc) is 2.11. The molecule has 3 nitrogen and oxygen atoms in total. The van der Waals surface area contributed by atoms with E-state index in [0.717, 1.165) is 5.56 Å². The molecule has 1 rings (SSSR count). The predicted octanol–water partition coefficient (Wildman–Crippen LogP) is 2.13. The first-order chi connectivity index (χ1) is 6.38. The zero-order valence-corrected chi connectivity index (χ0v) is 9.67. The van der Waals surface area contributed by atoms with Gasteiger partial charge in [0, 0.05) is 9.89 Å². The maximum atomic E-state index is 9.33. The Morgan fingerprint density at radius 1 is 1.21 bits per heavy atom. The largest absolute Gasteiger partial charge is 0.504 e. The summed E-state index contributed by atoms with van der Waals surface area (Å²) < 4.78 is 0.673. The number of phenols is 2. The highest BCUT2D eigenvalue weighted by Gasteiger charge is 2.23. The van der Waals surface area contributed by atoms with Crippen LogP contribution in [0.1, 0.15) is 19.4 Å². The first-order valence-corrected chi connectivity index (χ1v) is 5.00. The van der Waals surface area contributed by atoms with E-state index in [0.29, 0.717) is 4.47 Å². The van der Waals surface area contributed by atoms with Gasteiger partial charge in [-0.1, -0.05) is 29.8 Å². The summed E-state index contributed by atoms with van der Waals surface area (Å²) >= 11 is 3.28. The van der Waals surface area contributed by atoms with E-state index in [2.05, 4.69) is 15.9 Å². The molecule has 0 aliphatic rings. The van der Waals surface area contributed by atoms with Crippen LogP contribution < -0.4 is 0 Å². The van der Waals surface area contributed by atoms with Crippen molar-refractivity contribution in [1.29, 1.82) is 0 Å². The van der Waals surface area contributed by atoms with Crippen LogP contribution in [0.4, 0.5) is 0 Å². The number of aliphatic hydroxyl groups excluding tert-OH is 1. The van der Waals surface area contributed by atoms with Gasteiger partial charge in [-0.25, -0.2) is 0 Å². The fourth-order valence-corrected chi connectivity index (χ4v) is 2.02. The van der Waals surface area contributed by atoms with Crippen LogP contribution in [0.5, 0.6) is 11.5 Å². The SMILES string of the molecule is CC(C)(CO)c1cc(O)c(O)cc1Br. The average molecular weight is 261 g/mol. The summed E-state index contributed by atoms with van der Waals surface area (Å²) in [4.78, 5) is 0. The quantitative estimate of drug-likeness (QED) is 0.715. The first-order valence-electron chi connectivity index (χ1n) is 4.21. The lowest BCUT2D eigenvalue weighted by Gasteiger charge is -2.24. The van der Waals surface area contributed by atoms with Gasteiger partial charge in [0.1, 0.15) is 0 Å². The predicted molar refractivity (Wildman–Crippen MR) is 57.6 cm³/mol. The van der Waals surface area contributed by atoms with Gasteiger partial charge >= 0.3 is 0 Å². The standard InChI is InChI=1S/C10H13BrO3/c1-10(2,5-12)6-3-8(13)9(14)4-7(6)11/h3-4,12-14H,5H2,1-2H3. The summed E-state index contributed by atoms with van der Waals surface area (Å²) in [6.07, 6.45) is 0. The van der Waals surface area contributed by atoms with Crippen LogP contribution in [0, 0.1) is 0 Å². The van der Waals surface area contributed by atoms with Crippen molar-refractivity contribution in [3.8, 4) is 11.5 Å². The Bertz CT molecular complexity index is 347. The van der Waals surface area contributed by atoms with Gasteiger partial charge in [-0.2, -0.15) is 0 Å². The smallest absolute Gasteiger partial charge is 0.158 e. The van der Waals surface area contributed by atoms with Crippen molar-refractivity contribution in [2.75, 3.05) is 6.61 Å². The van der Waals surface area contributed by atoms with E-state index in [1.54, 1.807) is 0 Å². The Hall–Kier alpha value is -0.740. The second kappa shape index (κ2) is 3.79. The molecule has 0 aliphatic carbocycles. The molecule has 3 N–H and O–H groups in total. The third-order valence-corrected chi connectivity index (χ3v) is 2.84. The number of halogens is 1. The van der Waals surface area contributed by atoms with E-state index in [1.807, 2.05) is 13.8 Å². The second-order valence-electron chi connectivity index (χ2n) is 3.86. The highest BCUT2D eigenvalue weighted by Crippen LogP contribution is 2.37. The van der Waals surface area contributed by atoms with Crippen LogP contribution in [0.25, 0.3) is 0 Å². The Kier molecular flexibility index (Phi) is 3.07. The zero-order valence-electron chi connectivity index (χ0n) is 8.08. The molecule has 0 amide bonds. The molecule has 1 aromatic carbocycles. The molecule has 1 aromatic rings. The fraction of sp³-hybridized carbons (Fsp3) is 0.400. The van der Waals surface area contributed by atoms with Gasteiger partial charge in [-0.15, -0.1) is 0 Å². The van der Waals surface area contributed by atoms with E-state index in [4.69, 9.17) is 5.11 Å². The molecule has 0 unspecified atom stereocenters. The van der Waals surface area contributed by atoms with Crippen LogP contribution in [-0.4, -0.2) is 21.9 Å². The molecule has 0 spiro atoms. The summed E-state index contributed by atoms with van der Waals surface area (Å²) in [7, 11) is 0. The fourth-order valence-electron chi connectivity index (χ4n) is 1.16. The molecule has 0 bridgehead atoms. The topological polar surface area (TPSA) is 60.7 Å². The van der Waals surface area contributed by atoms with E-state index >= 15 is 0 Å². The summed E-state index contributed by atoms with van der Waals surface area (Å²) in [5.74, 6) is -0.348. The van der Waals surface area contributed by atoms with Crippen molar-refractivity contribution in [2.45, 2.75) is 19.3 Å².